The summed E-state index contributed by atoms with van der Waals surface area (Å²) in [4.78, 5) is 35.3. The molecule has 0 fully saturated rings. The fourth-order valence-electron chi connectivity index (χ4n) is 2.22. The zero-order valence-corrected chi connectivity index (χ0v) is 15.4. The Labute approximate surface area is 158 Å². The van der Waals surface area contributed by atoms with Crippen molar-refractivity contribution in [2.45, 2.75) is 26.7 Å². The minimum atomic E-state index is -0.488. The molecule has 2 rings (SSSR count). The van der Waals surface area contributed by atoms with Crippen LogP contribution in [0.2, 0.25) is 0 Å². The SMILES string of the molecule is Cc1ccc(C)c(OCC(=O)NNC(=O)CCC(=O)Nc2ccccc2)c1. The summed E-state index contributed by atoms with van der Waals surface area (Å²) in [6.45, 7) is 3.59. The zero-order chi connectivity index (χ0) is 19.6. The molecular formula is C20H23N3O4. The van der Waals surface area contributed by atoms with Crippen LogP contribution >= 0.6 is 0 Å². The first-order chi connectivity index (χ1) is 12.9. The summed E-state index contributed by atoms with van der Waals surface area (Å²) in [5.41, 5.74) is 7.14. The molecule has 0 aliphatic heterocycles. The van der Waals surface area contributed by atoms with Gasteiger partial charge in [-0.2, -0.15) is 0 Å². The number of carbonyl (C=O) groups is 3. The predicted molar refractivity (Wildman–Crippen MR) is 102 cm³/mol. The maximum atomic E-state index is 11.8. The van der Waals surface area contributed by atoms with Crippen LogP contribution in [0.3, 0.4) is 0 Å². The van der Waals surface area contributed by atoms with Gasteiger partial charge in [0.05, 0.1) is 0 Å². The summed E-state index contributed by atoms with van der Waals surface area (Å²) < 4.78 is 5.45. The van der Waals surface area contributed by atoms with Gasteiger partial charge in [0.15, 0.2) is 6.61 Å². The van der Waals surface area contributed by atoms with Gasteiger partial charge in [-0.15, -0.1) is 0 Å². The first kappa shape index (κ1) is 20.0. The van der Waals surface area contributed by atoms with E-state index in [0.717, 1.165) is 11.1 Å². The van der Waals surface area contributed by atoms with Crippen LogP contribution in [0.1, 0.15) is 24.0 Å². The summed E-state index contributed by atoms with van der Waals surface area (Å²) in [5.74, 6) is -0.605. The molecule has 2 aromatic carbocycles. The third-order valence-corrected chi connectivity index (χ3v) is 3.68. The normalized spacial score (nSPS) is 10.0. The zero-order valence-electron chi connectivity index (χ0n) is 15.4. The number of anilines is 1. The Morgan fingerprint density at radius 2 is 1.52 bits per heavy atom. The van der Waals surface area contributed by atoms with Crippen LogP contribution in [-0.2, 0) is 14.4 Å². The van der Waals surface area contributed by atoms with Crippen molar-refractivity contribution in [2.75, 3.05) is 11.9 Å². The minimum absolute atomic E-state index is 0.00951. The Balaban J connectivity index is 1.65. The molecule has 0 bridgehead atoms. The second kappa shape index (κ2) is 9.96. The lowest BCUT2D eigenvalue weighted by Crippen LogP contribution is -2.44. The lowest BCUT2D eigenvalue weighted by molar-refractivity contribution is -0.130. The summed E-state index contributed by atoms with van der Waals surface area (Å²) >= 11 is 0. The highest BCUT2D eigenvalue weighted by Crippen LogP contribution is 2.18. The quantitative estimate of drug-likeness (QED) is 0.652. The minimum Gasteiger partial charge on any atom is -0.483 e. The standard InChI is InChI=1S/C20H23N3O4/c1-14-8-9-15(2)17(12-14)27-13-20(26)23-22-19(25)11-10-18(24)21-16-6-4-3-5-7-16/h3-9,12H,10-11,13H2,1-2H3,(H,21,24)(H,22,25)(H,23,26). The van der Waals surface area contributed by atoms with E-state index >= 15 is 0 Å². The average molecular weight is 369 g/mol. The van der Waals surface area contributed by atoms with Crippen LogP contribution < -0.4 is 20.9 Å². The number of amides is 3. The third-order valence-electron chi connectivity index (χ3n) is 3.68. The highest BCUT2D eigenvalue weighted by molar-refractivity contribution is 5.93. The highest BCUT2D eigenvalue weighted by Gasteiger charge is 2.09. The Morgan fingerprint density at radius 3 is 2.26 bits per heavy atom. The maximum absolute atomic E-state index is 11.8. The van der Waals surface area contributed by atoms with Crippen molar-refractivity contribution in [3.05, 3.63) is 59.7 Å². The van der Waals surface area contributed by atoms with Crippen molar-refractivity contribution >= 4 is 23.4 Å². The first-order valence-electron chi connectivity index (χ1n) is 8.56. The van der Waals surface area contributed by atoms with Crippen LogP contribution in [0.4, 0.5) is 5.69 Å². The molecule has 0 heterocycles. The Morgan fingerprint density at radius 1 is 0.852 bits per heavy atom. The van der Waals surface area contributed by atoms with Gasteiger partial charge in [0.2, 0.25) is 11.8 Å². The van der Waals surface area contributed by atoms with Crippen molar-refractivity contribution < 1.29 is 19.1 Å². The molecule has 0 spiro atoms. The monoisotopic (exact) mass is 369 g/mol. The molecule has 0 aliphatic rings. The van der Waals surface area contributed by atoms with Gasteiger partial charge in [-0.05, 0) is 43.2 Å². The average Bonchev–Trinajstić information content (AvgIpc) is 2.66. The number of para-hydroxylation sites is 1. The van der Waals surface area contributed by atoms with Gasteiger partial charge in [0.1, 0.15) is 5.75 Å². The molecule has 3 amide bonds. The van der Waals surface area contributed by atoms with Crippen LogP contribution in [0, 0.1) is 13.8 Å². The molecule has 0 aromatic heterocycles. The number of hydrazine groups is 1. The Bertz CT molecular complexity index is 806. The van der Waals surface area contributed by atoms with Gasteiger partial charge >= 0.3 is 0 Å². The van der Waals surface area contributed by atoms with E-state index in [1.807, 2.05) is 38.1 Å². The molecule has 0 radical (unpaired) electrons. The number of benzene rings is 2. The smallest absolute Gasteiger partial charge is 0.276 e. The van der Waals surface area contributed by atoms with Crippen LogP contribution in [0.5, 0.6) is 5.75 Å². The van der Waals surface area contributed by atoms with Crippen molar-refractivity contribution in [2.24, 2.45) is 0 Å². The number of rotatable bonds is 7. The molecule has 27 heavy (non-hydrogen) atoms. The van der Waals surface area contributed by atoms with Crippen LogP contribution in [-0.4, -0.2) is 24.3 Å². The number of carbonyl (C=O) groups excluding carboxylic acids is 3. The van der Waals surface area contributed by atoms with E-state index in [1.54, 1.807) is 24.3 Å². The van der Waals surface area contributed by atoms with E-state index in [2.05, 4.69) is 16.2 Å². The fraction of sp³-hybridized carbons (Fsp3) is 0.250. The summed E-state index contributed by atoms with van der Waals surface area (Å²) in [7, 11) is 0. The molecule has 0 atom stereocenters. The van der Waals surface area contributed by atoms with Gasteiger partial charge in [0.25, 0.3) is 5.91 Å². The van der Waals surface area contributed by atoms with Crippen molar-refractivity contribution in [1.29, 1.82) is 0 Å². The van der Waals surface area contributed by atoms with Crippen molar-refractivity contribution in [3.8, 4) is 5.75 Å². The van der Waals surface area contributed by atoms with Crippen molar-refractivity contribution in [3.63, 3.8) is 0 Å². The molecule has 2 aromatic rings. The molecule has 142 valence electrons. The summed E-state index contributed by atoms with van der Waals surface area (Å²) in [6.07, 6.45) is -0.0353. The molecule has 0 saturated carbocycles. The van der Waals surface area contributed by atoms with Crippen LogP contribution in [0.25, 0.3) is 0 Å². The lowest BCUT2D eigenvalue weighted by Gasteiger charge is -2.11. The second-order valence-electron chi connectivity index (χ2n) is 6.07. The molecule has 0 unspecified atom stereocenters. The van der Waals surface area contributed by atoms with Gasteiger partial charge in [-0.3, -0.25) is 25.2 Å². The van der Waals surface area contributed by atoms with Gasteiger partial charge in [-0.1, -0.05) is 30.3 Å². The molecule has 7 heteroatoms. The molecule has 0 aliphatic carbocycles. The fourth-order valence-corrected chi connectivity index (χ4v) is 2.22. The number of hydrogen-bond acceptors (Lipinski definition) is 4. The molecule has 7 nitrogen and oxygen atoms in total. The molecule has 0 saturated heterocycles. The summed E-state index contributed by atoms with van der Waals surface area (Å²) in [6, 6.07) is 14.7. The largest absolute Gasteiger partial charge is 0.483 e. The second-order valence-corrected chi connectivity index (χ2v) is 6.07. The number of ether oxygens (including phenoxy) is 1. The van der Waals surface area contributed by atoms with Gasteiger partial charge < -0.3 is 10.1 Å². The number of nitrogens with one attached hydrogen (secondary N) is 3. The molecule has 3 N–H and O–H groups in total. The predicted octanol–water partition coefficient (Wildman–Crippen LogP) is 2.25. The third kappa shape index (κ3) is 7.19. The first-order valence-corrected chi connectivity index (χ1v) is 8.56. The number of aryl methyl sites for hydroxylation is 2. The van der Waals surface area contributed by atoms with E-state index < -0.39 is 11.8 Å². The van der Waals surface area contributed by atoms with E-state index in [-0.39, 0.29) is 25.4 Å². The van der Waals surface area contributed by atoms with E-state index in [4.69, 9.17) is 4.74 Å². The van der Waals surface area contributed by atoms with E-state index in [1.165, 1.54) is 0 Å². The Hall–Kier alpha value is -3.35. The van der Waals surface area contributed by atoms with Gasteiger partial charge in [-0.25, -0.2) is 0 Å². The maximum Gasteiger partial charge on any atom is 0.276 e. The van der Waals surface area contributed by atoms with E-state index in [0.29, 0.717) is 11.4 Å². The topological polar surface area (TPSA) is 96.5 Å². The highest BCUT2D eigenvalue weighted by atomic mass is 16.5. The van der Waals surface area contributed by atoms with Crippen molar-refractivity contribution in [1.82, 2.24) is 10.9 Å². The lowest BCUT2D eigenvalue weighted by atomic mass is 10.1. The van der Waals surface area contributed by atoms with Gasteiger partial charge in [0, 0.05) is 18.5 Å². The molecular weight excluding hydrogens is 346 g/mol. The Kier molecular flexibility index (Phi) is 7.37. The number of hydrogen-bond donors (Lipinski definition) is 3. The summed E-state index contributed by atoms with van der Waals surface area (Å²) in [5, 5.41) is 2.68. The van der Waals surface area contributed by atoms with E-state index in [9.17, 15) is 14.4 Å². The van der Waals surface area contributed by atoms with Crippen LogP contribution in [0.15, 0.2) is 48.5 Å².